The minimum atomic E-state index is 0.211. The van der Waals surface area contributed by atoms with Crippen molar-refractivity contribution in [2.24, 2.45) is 17.6 Å². The molecule has 0 aromatic heterocycles. The molecule has 2 aliphatic rings. The van der Waals surface area contributed by atoms with Crippen molar-refractivity contribution in [3.63, 3.8) is 0 Å². The molecule has 2 fully saturated rings. The zero-order chi connectivity index (χ0) is 13.1. The summed E-state index contributed by atoms with van der Waals surface area (Å²) in [5.74, 6) is 1.24. The number of hydrogen-bond acceptors (Lipinski definition) is 3. The van der Waals surface area contributed by atoms with Crippen LogP contribution in [0.25, 0.3) is 0 Å². The Morgan fingerprint density at radius 1 is 1.39 bits per heavy atom. The van der Waals surface area contributed by atoms with E-state index in [0.29, 0.717) is 11.8 Å². The van der Waals surface area contributed by atoms with Crippen LogP contribution in [0.2, 0.25) is 0 Å². The van der Waals surface area contributed by atoms with E-state index in [1.54, 1.807) is 0 Å². The van der Waals surface area contributed by atoms with Crippen LogP contribution in [0.15, 0.2) is 0 Å². The lowest BCUT2D eigenvalue weighted by atomic mass is 10.1. The smallest absolute Gasteiger partial charge is 0.225 e. The van der Waals surface area contributed by atoms with Gasteiger partial charge >= 0.3 is 0 Å². The Balaban J connectivity index is 1.79. The maximum Gasteiger partial charge on any atom is 0.225 e. The van der Waals surface area contributed by atoms with Gasteiger partial charge in [-0.2, -0.15) is 0 Å². The molecule has 1 heterocycles. The fourth-order valence-corrected chi connectivity index (χ4v) is 3.25. The summed E-state index contributed by atoms with van der Waals surface area (Å²) >= 11 is 0. The minimum Gasteiger partial charge on any atom is -0.342 e. The number of carbonyl (C=O) groups excluding carboxylic acids is 1. The van der Waals surface area contributed by atoms with Crippen LogP contribution in [0, 0.1) is 11.8 Å². The fraction of sp³-hybridized carbons (Fsp3) is 0.929. The summed E-state index contributed by atoms with van der Waals surface area (Å²) in [6, 6.07) is 0.253. The van der Waals surface area contributed by atoms with Gasteiger partial charge in [-0.15, -0.1) is 0 Å². The van der Waals surface area contributed by atoms with Crippen LogP contribution in [0.3, 0.4) is 0 Å². The van der Waals surface area contributed by atoms with Gasteiger partial charge in [0.2, 0.25) is 5.91 Å². The molecule has 4 heteroatoms. The van der Waals surface area contributed by atoms with Crippen LogP contribution in [0.5, 0.6) is 0 Å². The molecule has 1 amide bonds. The summed E-state index contributed by atoms with van der Waals surface area (Å²) in [5, 5.41) is 0. The van der Waals surface area contributed by atoms with E-state index in [0.717, 1.165) is 51.9 Å². The largest absolute Gasteiger partial charge is 0.342 e. The highest BCUT2D eigenvalue weighted by Gasteiger charge is 2.34. The normalized spacial score (nSPS) is 32.4. The Hall–Kier alpha value is -0.610. The number of nitrogens with two attached hydrogens (primary N) is 1. The van der Waals surface area contributed by atoms with Gasteiger partial charge < -0.3 is 15.5 Å². The topological polar surface area (TPSA) is 49.6 Å². The molecule has 0 aromatic rings. The van der Waals surface area contributed by atoms with Crippen molar-refractivity contribution in [3.05, 3.63) is 0 Å². The fourth-order valence-electron chi connectivity index (χ4n) is 3.25. The molecule has 0 bridgehead atoms. The highest BCUT2D eigenvalue weighted by Crippen LogP contribution is 2.28. The van der Waals surface area contributed by atoms with Crippen molar-refractivity contribution in [2.75, 3.05) is 33.2 Å². The van der Waals surface area contributed by atoms with Gasteiger partial charge in [0.05, 0.1) is 0 Å². The van der Waals surface area contributed by atoms with E-state index in [1.165, 1.54) is 0 Å². The molecule has 0 aromatic carbocycles. The van der Waals surface area contributed by atoms with E-state index < -0.39 is 0 Å². The third-order valence-corrected chi connectivity index (χ3v) is 4.53. The van der Waals surface area contributed by atoms with Gasteiger partial charge in [0.15, 0.2) is 0 Å². The Morgan fingerprint density at radius 3 is 2.78 bits per heavy atom. The number of likely N-dealkylation sites (tertiary alicyclic amines) is 1. The first-order valence-corrected chi connectivity index (χ1v) is 7.33. The molecule has 2 rings (SSSR count). The molecular weight excluding hydrogens is 226 g/mol. The summed E-state index contributed by atoms with van der Waals surface area (Å²) in [4.78, 5) is 16.8. The van der Waals surface area contributed by atoms with E-state index in [9.17, 15) is 4.79 Å². The number of nitrogens with zero attached hydrogens (tertiary/aromatic N) is 2. The van der Waals surface area contributed by atoms with Crippen LogP contribution in [0.4, 0.5) is 0 Å². The molecule has 0 spiro atoms. The van der Waals surface area contributed by atoms with Crippen molar-refractivity contribution in [2.45, 2.75) is 38.6 Å². The lowest BCUT2D eigenvalue weighted by Gasteiger charge is -2.22. The molecule has 0 radical (unpaired) electrons. The lowest BCUT2D eigenvalue weighted by Crippen LogP contribution is -2.35. The van der Waals surface area contributed by atoms with E-state index in [-0.39, 0.29) is 12.0 Å². The third kappa shape index (κ3) is 3.23. The van der Waals surface area contributed by atoms with Crippen LogP contribution in [-0.2, 0) is 4.79 Å². The number of amides is 1. The highest BCUT2D eigenvalue weighted by molar-refractivity contribution is 5.79. The van der Waals surface area contributed by atoms with E-state index in [2.05, 4.69) is 23.8 Å². The van der Waals surface area contributed by atoms with E-state index >= 15 is 0 Å². The maximum atomic E-state index is 12.4. The molecule has 1 aliphatic carbocycles. The van der Waals surface area contributed by atoms with Crippen LogP contribution in [-0.4, -0.2) is 55.0 Å². The lowest BCUT2D eigenvalue weighted by molar-refractivity contribution is -0.134. The average molecular weight is 253 g/mol. The van der Waals surface area contributed by atoms with Crippen molar-refractivity contribution < 1.29 is 4.79 Å². The maximum absolute atomic E-state index is 12.4. The van der Waals surface area contributed by atoms with Gasteiger partial charge in [-0.1, -0.05) is 6.92 Å². The third-order valence-electron chi connectivity index (χ3n) is 4.53. The summed E-state index contributed by atoms with van der Waals surface area (Å²) in [6.07, 6.45) is 4.08. The van der Waals surface area contributed by atoms with Gasteiger partial charge in [0.25, 0.3) is 0 Å². The molecule has 2 N–H and O–H groups in total. The first kappa shape index (κ1) is 13.8. The molecule has 104 valence electrons. The summed E-state index contributed by atoms with van der Waals surface area (Å²) in [5.41, 5.74) is 5.90. The quantitative estimate of drug-likeness (QED) is 0.810. The van der Waals surface area contributed by atoms with Crippen molar-refractivity contribution >= 4 is 5.91 Å². The molecule has 1 saturated carbocycles. The summed E-state index contributed by atoms with van der Waals surface area (Å²) in [7, 11) is 2.15. The van der Waals surface area contributed by atoms with Gasteiger partial charge in [0, 0.05) is 31.6 Å². The average Bonchev–Trinajstić information content (AvgIpc) is 2.97. The first-order chi connectivity index (χ1) is 8.60. The molecule has 3 atom stereocenters. The second kappa shape index (κ2) is 6.02. The second-order valence-electron chi connectivity index (χ2n) is 6.06. The number of carbonyl (C=O) groups is 1. The predicted molar refractivity (Wildman–Crippen MR) is 73.2 cm³/mol. The zero-order valence-corrected chi connectivity index (χ0v) is 11.8. The van der Waals surface area contributed by atoms with Crippen LogP contribution in [0.1, 0.15) is 32.6 Å². The highest BCUT2D eigenvalue weighted by atomic mass is 16.2. The second-order valence-corrected chi connectivity index (χ2v) is 6.06. The van der Waals surface area contributed by atoms with Crippen LogP contribution >= 0.6 is 0 Å². The van der Waals surface area contributed by atoms with Gasteiger partial charge in [-0.05, 0) is 45.2 Å². The molecular formula is C14H27N3O. The van der Waals surface area contributed by atoms with Crippen molar-refractivity contribution in [1.82, 2.24) is 9.80 Å². The van der Waals surface area contributed by atoms with E-state index in [1.807, 2.05) is 0 Å². The number of rotatable bonds is 4. The first-order valence-electron chi connectivity index (χ1n) is 7.33. The summed E-state index contributed by atoms with van der Waals surface area (Å²) in [6.45, 7) is 6.28. The van der Waals surface area contributed by atoms with Crippen LogP contribution < -0.4 is 5.73 Å². The van der Waals surface area contributed by atoms with Gasteiger partial charge in [-0.3, -0.25) is 4.79 Å². The Morgan fingerprint density at radius 2 is 2.17 bits per heavy atom. The standard InChI is InChI=1S/C14H27N3O/c1-3-16(2)9-11-6-7-17(10-11)14(18)12-4-5-13(15)8-12/h11-13H,3-10,15H2,1-2H3. The Labute approximate surface area is 110 Å². The van der Waals surface area contributed by atoms with E-state index in [4.69, 9.17) is 5.73 Å². The Kier molecular flexibility index (Phi) is 4.62. The Bertz CT molecular complexity index is 295. The molecule has 1 saturated heterocycles. The molecule has 1 aliphatic heterocycles. The zero-order valence-electron chi connectivity index (χ0n) is 11.8. The molecule has 3 unspecified atom stereocenters. The van der Waals surface area contributed by atoms with Gasteiger partial charge in [0.1, 0.15) is 0 Å². The van der Waals surface area contributed by atoms with Crippen molar-refractivity contribution in [3.8, 4) is 0 Å². The monoisotopic (exact) mass is 253 g/mol. The molecule has 18 heavy (non-hydrogen) atoms. The SMILES string of the molecule is CCN(C)CC1CCN(C(=O)C2CCC(N)C2)C1. The van der Waals surface area contributed by atoms with Crippen molar-refractivity contribution in [1.29, 1.82) is 0 Å². The minimum absolute atomic E-state index is 0.211. The van der Waals surface area contributed by atoms with Gasteiger partial charge in [-0.25, -0.2) is 0 Å². The molecule has 4 nitrogen and oxygen atoms in total. The summed E-state index contributed by atoms with van der Waals surface area (Å²) < 4.78 is 0. The predicted octanol–water partition coefficient (Wildman–Crippen LogP) is 0.914. The number of hydrogen-bond donors (Lipinski definition) is 1.